The van der Waals surface area contributed by atoms with E-state index in [-0.39, 0.29) is 24.6 Å². The van der Waals surface area contributed by atoms with Gasteiger partial charge in [0.05, 0.1) is 10.5 Å². The maximum Gasteiger partial charge on any atom is 0.338 e. The largest absolute Gasteiger partial charge is 0.454 e. The number of nitro groups is 1. The van der Waals surface area contributed by atoms with Gasteiger partial charge in [0, 0.05) is 19.2 Å². The van der Waals surface area contributed by atoms with Gasteiger partial charge in [0.25, 0.3) is 11.6 Å². The van der Waals surface area contributed by atoms with Crippen LogP contribution in [-0.4, -0.2) is 36.7 Å². The molecule has 152 valence electrons. The molecular formula is C19H19N3O7. The number of nitrogens with zero attached hydrogens (tertiary/aromatic N) is 1. The Labute approximate surface area is 165 Å². The standard InChI is InChI=1S/C19H19N3O7/c1-2-20-14-5-4-13(8-15(14)22(25)26)19(24)27-10-18(23)21-9-12-3-6-16-17(7-12)29-11-28-16/h3-8,20H,2,9-11H2,1H3,(H,21,23). The molecule has 0 bridgehead atoms. The molecule has 1 amide bonds. The highest BCUT2D eigenvalue weighted by Crippen LogP contribution is 2.32. The Kier molecular flexibility index (Phi) is 6.12. The second kappa shape index (κ2) is 8.91. The average Bonchev–Trinajstić information content (AvgIpc) is 3.18. The van der Waals surface area contributed by atoms with E-state index in [2.05, 4.69) is 10.6 Å². The number of hydrogen-bond donors (Lipinski definition) is 2. The van der Waals surface area contributed by atoms with Gasteiger partial charge in [-0.15, -0.1) is 0 Å². The normalized spacial score (nSPS) is 11.6. The summed E-state index contributed by atoms with van der Waals surface area (Å²) in [5, 5.41) is 16.6. The molecule has 0 saturated heterocycles. The van der Waals surface area contributed by atoms with Gasteiger partial charge in [-0.2, -0.15) is 0 Å². The monoisotopic (exact) mass is 401 g/mol. The maximum absolute atomic E-state index is 12.1. The lowest BCUT2D eigenvalue weighted by Gasteiger charge is -2.09. The molecule has 0 aromatic heterocycles. The van der Waals surface area contributed by atoms with Crippen molar-refractivity contribution in [2.75, 3.05) is 25.3 Å². The van der Waals surface area contributed by atoms with Gasteiger partial charge in [-0.1, -0.05) is 6.07 Å². The number of anilines is 1. The highest BCUT2D eigenvalue weighted by molar-refractivity contribution is 5.93. The number of rotatable bonds is 8. The number of hydrogen-bond acceptors (Lipinski definition) is 8. The molecule has 0 saturated carbocycles. The number of nitrogens with one attached hydrogen (secondary N) is 2. The Balaban J connectivity index is 1.52. The summed E-state index contributed by atoms with van der Waals surface area (Å²) in [5.74, 6) is -0.0850. The Morgan fingerprint density at radius 1 is 1.17 bits per heavy atom. The molecule has 0 radical (unpaired) electrons. The molecule has 0 unspecified atom stereocenters. The highest BCUT2D eigenvalue weighted by atomic mass is 16.7. The summed E-state index contributed by atoms with van der Waals surface area (Å²) in [6.07, 6.45) is 0. The summed E-state index contributed by atoms with van der Waals surface area (Å²) in [6, 6.07) is 9.22. The number of fused-ring (bicyclic) bond motifs is 1. The van der Waals surface area contributed by atoms with Crippen LogP contribution in [0.25, 0.3) is 0 Å². The lowest BCUT2D eigenvalue weighted by molar-refractivity contribution is -0.384. The van der Waals surface area contributed by atoms with Gasteiger partial charge >= 0.3 is 5.97 Å². The van der Waals surface area contributed by atoms with E-state index < -0.39 is 23.4 Å². The number of nitro benzene ring substituents is 1. The van der Waals surface area contributed by atoms with Crippen molar-refractivity contribution in [1.29, 1.82) is 0 Å². The zero-order chi connectivity index (χ0) is 20.8. The second-order valence-electron chi connectivity index (χ2n) is 6.06. The third-order valence-corrected chi connectivity index (χ3v) is 4.06. The van der Waals surface area contributed by atoms with Gasteiger partial charge in [0.2, 0.25) is 6.79 Å². The Bertz CT molecular complexity index is 945. The van der Waals surface area contributed by atoms with Crippen molar-refractivity contribution >= 4 is 23.3 Å². The molecule has 2 aromatic carbocycles. The molecule has 1 heterocycles. The lowest BCUT2D eigenvalue weighted by atomic mass is 10.1. The van der Waals surface area contributed by atoms with Gasteiger partial charge in [-0.3, -0.25) is 14.9 Å². The first-order valence-corrected chi connectivity index (χ1v) is 8.82. The van der Waals surface area contributed by atoms with E-state index in [9.17, 15) is 19.7 Å². The fourth-order valence-electron chi connectivity index (χ4n) is 2.67. The maximum atomic E-state index is 12.1. The van der Waals surface area contributed by atoms with Crippen LogP contribution in [0, 0.1) is 10.1 Å². The van der Waals surface area contributed by atoms with E-state index in [4.69, 9.17) is 14.2 Å². The predicted octanol–water partition coefficient (Wildman–Crippen LogP) is 2.23. The number of carbonyl (C=O) groups excluding carboxylic acids is 2. The van der Waals surface area contributed by atoms with Crippen molar-refractivity contribution in [3.8, 4) is 11.5 Å². The van der Waals surface area contributed by atoms with Gasteiger partial charge in [0.15, 0.2) is 18.1 Å². The summed E-state index contributed by atoms with van der Waals surface area (Å²) in [4.78, 5) is 34.6. The molecule has 1 aliphatic heterocycles. The summed E-state index contributed by atoms with van der Waals surface area (Å²) in [7, 11) is 0. The summed E-state index contributed by atoms with van der Waals surface area (Å²) >= 11 is 0. The fourth-order valence-corrected chi connectivity index (χ4v) is 2.67. The van der Waals surface area contributed by atoms with E-state index >= 15 is 0 Å². The van der Waals surface area contributed by atoms with E-state index in [1.54, 1.807) is 25.1 Å². The number of ether oxygens (including phenoxy) is 3. The van der Waals surface area contributed by atoms with E-state index in [1.165, 1.54) is 12.1 Å². The van der Waals surface area contributed by atoms with Crippen molar-refractivity contribution in [3.63, 3.8) is 0 Å². The van der Waals surface area contributed by atoms with Crippen molar-refractivity contribution in [2.24, 2.45) is 0 Å². The predicted molar refractivity (Wildman–Crippen MR) is 102 cm³/mol. The van der Waals surface area contributed by atoms with Gasteiger partial charge in [-0.25, -0.2) is 4.79 Å². The number of benzene rings is 2. The summed E-state index contributed by atoms with van der Waals surface area (Å²) < 4.78 is 15.4. The minimum atomic E-state index is -0.825. The molecule has 0 spiro atoms. The van der Waals surface area contributed by atoms with Crippen LogP contribution in [-0.2, 0) is 16.1 Å². The van der Waals surface area contributed by atoms with E-state index in [0.717, 1.165) is 11.6 Å². The second-order valence-corrected chi connectivity index (χ2v) is 6.06. The van der Waals surface area contributed by atoms with Crippen molar-refractivity contribution in [2.45, 2.75) is 13.5 Å². The van der Waals surface area contributed by atoms with Crippen molar-refractivity contribution < 1.29 is 28.7 Å². The molecule has 0 atom stereocenters. The van der Waals surface area contributed by atoms with E-state index in [0.29, 0.717) is 23.7 Å². The Morgan fingerprint density at radius 3 is 2.72 bits per heavy atom. The summed E-state index contributed by atoms with van der Waals surface area (Å²) in [6.45, 7) is 2.17. The molecule has 0 fully saturated rings. The van der Waals surface area contributed by atoms with E-state index in [1.807, 2.05) is 0 Å². The molecule has 0 aliphatic carbocycles. The smallest absolute Gasteiger partial charge is 0.338 e. The van der Waals surface area contributed by atoms with Crippen LogP contribution < -0.4 is 20.1 Å². The SMILES string of the molecule is CCNc1ccc(C(=O)OCC(=O)NCc2ccc3c(c2)OCO3)cc1[N+](=O)[O-]. The first-order chi connectivity index (χ1) is 14.0. The minimum Gasteiger partial charge on any atom is -0.454 e. The highest BCUT2D eigenvalue weighted by Gasteiger charge is 2.19. The first kappa shape index (κ1) is 19.9. The van der Waals surface area contributed by atoms with Crippen LogP contribution in [0.5, 0.6) is 11.5 Å². The third-order valence-electron chi connectivity index (χ3n) is 4.06. The van der Waals surface area contributed by atoms with Crippen LogP contribution in [0.15, 0.2) is 36.4 Å². The van der Waals surface area contributed by atoms with Gasteiger partial charge < -0.3 is 24.8 Å². The molecule has 2 N–H and O–H groups in total. The van der Waals surface area contributed by atoms with Gasteiger partial charge in [-0.05, 0) is 36.8 Å². The number of esters is 1. The van der Waals surface area contributed by atoms with Crippen molar-refractivity contribution in [3.05, 3.63) is 57.6 Å². The molecule has 29 heavy (non-hydrogen) atoms. The molecule has 10 heteroatoms. The lowest BCUT2D eigenvalue weighted by Crippen LogP contribution is -2.28. The third kappa shape index (κ3) is 4.92. The van der Waals surface area contributed by atoms with Crippen LogP contribution in [0.4, 0.5) is 11.4 Å². The van der Waals surface area contributed by atoms with Crippen LogP contribution >= 0.6 is 0 Å². The number of amides is 1. The zero-order valence-electron chi connectivity index (χ0n) is 15.6. The van der Waals surface area contributed by atoms with Crippen LogP contribution in [0.2, 0.25) is 0 Å². The average molecular weight is 401 g/mol. The van der Waals surface area contributed by atoms with Crippen molar-refractivity contribution in [1.82, 2.24) is 5.32 Å². The molecule has 1 aliphatic rings. The fraction of sp³-hybridized carbons (Fsp3) is 0.263. The summed E-state index contributed by atoms with van der Waals surface area (Å²) in [5.41, 5.74) is 0.842. The molecule has 2 aromatic rings. The quantitative estimate of drug-likeness (QED) is 0.391. The molecular weight excluding hydrogens is 382 g/mol. The van der Waals surface area contributed by atoms with Crippen LogP contribution in [0.1, 0.15) is 22.8 Å². The first-order valence-electron chi connectivity index (χ1n) is 8.82. The van der Waals surface area contributed by atoms with Gasteiger partial charge in [0.1, 0.15) is 5.69 Å². The van der Waals surface area contributed by atoms with Crippen LogP contribution in [0.3, 0.4) is 0 Å². The Morgan fingerprint density at radius 2 is 1.97 bits per heavy atom. The topological polar surface area (TPSA) is 129 Å². The Hall–Kier alpha value is -3.82. The zero-order valence-corrected chi connectivity index (χ0v) is 15.6. The molecule has 10 nitrogen and oxygen atoms in total. The minimum absolute atomic E-state index is 0.0121. The number of carbonyl (C=O) groups is 2. The molecule has 3 rings (SSSR count).